The largest absolute Gasteiger partial charge is 0.304 e. The number of amidine groups is 1. The van der Waals surface area contributed by atoms with Crippen molar-refractivity contribution in [3.63, 3.8) is 0 Å². The standard InChI is InChI=1S/C13H26N4S/c1-13(2,3)9-11-10-14-12(18-11)15-17-7-5-16(4)6-8-17/h11H,5-10H2,1-4H3,(H,14,15). The van der Waals surface area contributed by atoms with Crippen LogP contribution in [0.4, 0.5) is 0 Å². The molecule has 2 aliphatic heterocycles. The van der Waals surface area contributed by atoms with Gasteiger partial charge in [0.25, 0.3) is 0 Å². The molecular formula is C13H26N4S. The molecule has 0 aromatic carbocycles. The lowest BCUT2D eigenvalue weighted by Crippen LogP contribution is -2.51. The number of likely N-dealkylation sites (N-methyl/N-ethyl adjacent to an activating group) is 1. The molecule has 104 valence electrons. The van der Waals surface area contributed by atoms with E-state index in [2.05, 4.69) is 48.1 Å². The highest BCUT2D eigenvalue weighted by atomic mass is 32.2. The van der Waals surface area contributed by atoms with Gasteiger partial charge in [-0.05, 0) is 18.9 Å². The third-order valence-electron chi connectivity index (χ3n) is 3.31. The van der Waals surface area contributed by atoms with Gasteiger partial charge in [-0.3, -0.25) is 10.4 Å². The lowest BCUT2D eigenvalue weighted by Gasteiger charge is -2.32. The zero-order valence-corrected chi connectivity index (χ0v) is 12.9. The lowest BCUT2D eigenvalue weighted by atomic mass is 9.90. The quantitative estimate of drug-likeness (QED) is 0.826. The van der Waals surface area contributed by atoms with Gasteiger partial charge < -0.3 is 4.90 Å². The molecule has 1 fully saturated rings. The summed E-state index contributed by atoms with van der Waals surface area (Å²) in [7, 11) is 2.18. The van der Waals surface area contributed by atoms with Crippen LogP contribution in [-0.2, 0) is 0 Å². The summed E-state index contributed by atoms with van der Waals surface area (Å²) in [6.07, 6.45) is 1.23. The molecule has 1 atom stereocenters. The Kier molecular flexibility index (Phi) is 4.56. The molecule has 0 aromatic heterocycles. The molecule has 0 aliphatic carbocycles. The first-order chi connectivity index (χ1) is 8.42. The maximum absolute atomic E-state index is 4.63. The van der Waals surface area contributed by atoms with E-state index in [0.717, 1.165) is 37.9 Å². The Morgan fingerprint density at radius 1 is 1.28 bits per heavy atom. The van der Waals surface area contributed by atoms with E-state index < -0.39 is 0 Å². The van der Waals surface area contributed by atoms with Crippen LogP contribution in [0, 0.1) is 5.41 Å². The first-order valence-electron chi connectivity index (χ1n) is 6.84. The Labute approximate surface area is 115 Å². The molecule has 0 aromatic rings. The van der Waals surface area contributed by atoms with E-state index in [9.17, 15) is 0 Å². The molecule has 2 rings (SSSR count). The monoisotopic (exact) mass is 270 g/mol. The second-order valence-corrected chi connectivity index (χ2v) is 7.84. The zero-order valence-electron chi connectivity index (χ0n) is 12.1. The Balaban J connectivity index is 1.72. The van der Waals surface area contributed by atoms with E-state index in [1.165, 1.54) is 6.42 Å². The fourth-order valence-corrected chi connectivity index (χ4v) is 3.70. The molecular weight excluding hydrogens is 244 g/mol. The summed E-state index contributed by atoms with van der Waals surface area (Å²) in [4.78, 5) is 6.99. The number of rotatable bonds is 2. The van der Waals surface area contributed by atoms with Crippen LogP contribution in [0.5, 0.6) is 0 Å². The highest BCUT2D eigenvalue weighted by Crippen LogP contribution is 2.31. The van der Waals surface area contributed by atoms with Crippen LogP contribution in [0.2, 0.25) is 0 Å². The van der Waals surface area contributed by atoms with Gasteiger partial charge >= 0.3 is 0 Å². The number of aliphatic imine (C=N–C) groups is 1. The van der Waals surface area contributed by atoms with E-state index >= 15 is 0 Å². The van der Waals surface area contributed by atoms with Crippen LogP contribution in [-0.4, -0.2) is 60.1 Å². The van der Waals surface area contributed by atoms with Crippen LogP contribution in [0.1, 0.15) is 27.2 Å². The second-order valence-electron chi connectivity index (χ2n) is 6.55. The molecule has 0 radical (unpaired) electrons. The van der Waals surface area contributed by atoms with Crippen molar-refractivity contribution in [3.05, 3.63) is 0 Å². The topological polar surface area (TPSA) is 30.9 Å². The Morgan fingerprint density at radius 3 is 2.56 bits per heavy atom. The summed E-state index contributed by atoms with van der Waals surface area (Å²) in [5, 5.41) is 4.07. The number of hydrogen-bond acceptors (Lipinski definition) is 5. The molecule has 18 heavy (non-hydrogen) atoms. The number of nitrogens with zero attached hydrogens (tertiary/aromatic N) is 3. The van der Waals surface area contributed by atoms with E-state index in [-0.39, 0.29) is 0 Å². The van der Waals surface area contributed by atoms with Crippen molar-refractivity contribution in [2.24, 2.45) is 10.4 Å². The summed E-state index contributed by atoms with van der Waals surface area (Å²) in [5.41, 5.74) is 3.87. The van der Waals surface area contributed by atoms with Crippen molar-refractivity contribution in [1.82, 2.24) is 15.3 Å². The van der Waals surface area contributed by atoms with E-state index in [4.69, 9.17) is 0 Å². The SMILES string of the molecule is CN1CCN(NC2=NCC(CC(C)(C)C)S2)CC1. The molecule has 0 amide bonds. The number of thioether (sulfide) groups is 1. The van der Waals surface area contributed by atoms with E-state index in [1.807, 2.05) is 11.8 Å². The molecule has 0 spiro atoms. The minimum absolute atomic E-state index is 0.399. The predicted octanol–water partition coefficient (Wildman–Crippen LogP) is 1.65. The van der Waals surface area contributed by atoms with Crippen LogP contribution < -0.4 is 5.43 Å². The third-order valence-corrected chi connectivity index (χ3v) is 4.41. The van der Waals surface area contributed by atoms with Crippen molar-refractivity contribution < 1.29 is 0 Å². The van der Waals surface area contributed by atoms with Gasteiger partial charge in [0.15, 0.2) is 5.17 Å². The van der Waals surface area contributed by atoms with Gasteiger partial charge in [0.2, 0.25) is 0 Å². The fourth-order valence-electron chi connectivity index (χ4n) is 2.32. The first-order valence-corrected chi connectivity index (χ1v) is 7.72. The normalized spacial score (nSPS) is 27.3. The minimum Gasteiger partial charge on any atom is -0.304 e. The molecule has 1 unspecified atom stereocenters. The van der Waals surface area contributed by atoms with Gasteiger partial charge in [-0.1, -0.05) is 32.5 Å². The van der Waals surface area contributed by atoms with Crippen molar-refractivity contribution in [2.45, 2.75) is 32.4 Å². The summed E-state index contributed by atoms with van der Waals surface area (Å²) in [5.74, 6) is 0. The summed E-state index contributed by atoms with van der Waals surface area (Å²) in [6, 6.07) is 0. The molecule has 1 N–H and O–H groups in total. The van der Waals surface area contributed by atoms with Gasteiger partial charge in [-0.15, -0.1) is 0 Å². The van der Waals surface area contributed by atoms with Crippen molar-refractivity contribution in [2.75, 3.05) is 39.8 Å². The molecule has 4 nitrogen and oxygen atoms in total. The van der Waals surface area contributed by atoms with Crippen molar-refractivity contribution in [1.29, 1.82) is 0 Å². The van der Waals surface area contributed by atoms with Crippen LogP contribution in [0.3, 0.4) is 0 Å². The smallest absolute Gasteiger partial charge is 0.171 e. The summed E-state index contributed by atoms with van der Waals surface area (Å²) < 4.78 is 0. The molecule has 5 heteroatoms. The summed E-state index contributed by atoms with van der Waals surface area (Å²) >= 11 is 1.92. The summed E-state index contributed by atoms with van der Waals surface area (Å²) in [6.45, 7) is 12.3. The highest BCUT2D eigenvalue weighted by Gasteiger charge is 2.26. The average molecular weight is 270 g/mol. The number of hydrazine groups is 1. The molecule has 2 aliphatic rings. The Bertz CT molecular complexity index is 303. The predicted molar refractivity (Wildman–Crippen MR) is 80.0 cm³/mol. The molecule has 0 bridgehead atoms. The van der Waals surface area contributed by atoms with Gasteiger partial charge in [-0.2, -0.15) is 0 Å². The van der Waals surface area contributed by atoms with E-state index in [0.29, 0.717) is 10.7 Å². The van der Waals surface area contributed by atoms with Gasteiger partial charge in [0, 0.05) is 31.4 Å². The van der Waals surface area contributed by atoms with Gasteiger partial charge in [0.1, 0.15) is 0 Å². The zero-order chi connectivity index (χ0) is 13.2. The number of piperazine rings is 1. The van der Waals surface area contributed by atoms with Crippen molar-refractivity contribution in [3.8, 4) is 0 Å². The van der Waals surface area contributed by atoms with Gasteiger partial charge in [0.05, 0.1) is 6.54 Å². The third kappa shape index (κ3) is 4.44. The maximum atomic E-state index is 4.63. The van der Waals surface area contributed by atoms with Crippen molar-refractivity contribution >= 4 is 16.9 Å². The first kappa shape index (κ1) is 14.2. The molecule has 0 saturated carbocycles. The number of hydrogen-bond donors (Lipinski definition) is 1. The molecule has 2 heterocycles. The molecule has 1 saturated heterocycles. The average Bonchev–Trinajstić information content (AvgIpc) is 2.66. The maximum Gasteiger partial charge on any atom is 0.171 e. The lowest BCUT2D eigenvalue weighted by molar-refractivity contribution is 0.132. The second kappa shape index (κ2) is 5.80. The van der Waals surface area contributed by atoms with E-state index in [1.54, 1.807) is 0 Å². The number of nitrogens with one attached hydrogen (secondary N) is 1. The Morgan fingerprint density at radius 2 is 1.94 bits per heavy atom. The minimum atomic E-state index is 0.399. The van der Waals surface area contributed by atoms with Crippen LogP contribution in [0.25, 0.3) is 0 Å². The van der Waals surface area contributed by atoms with Crippen LogP contribution >= 0.6 is 11.8 Å². The van der Waals surface area contributed by atoms with Crippen LogP contribution in [0.15, 0.2) is 4.99 Å². The van der Waals surface area contributed by atoms with Gasteiger partial charge in [-0.25, -0.2) is 5.01 Å². The fraction of sp³-hybridized carbons (Fsp3) is 0.923. The Hall–Kier alpha value is -0.260. The highest BCUT2D eigenvalue weighted by molar-refractivity contribution is 8.14.